The highest BCUT2D eigenvalue weighted by Crippen LogP contribution is 2.70. The largest absolute Gasteiger partial charge is 0.445 e. The van der Waals surface area contributed by atoms with E-state index in [0.29, 0.717) is 23.5 Å². The fourth-order valence-corrected chi connectivity index (χ4v) is 9.44. The van der Waals surface area contributed by atoms with Gasteiger partial charge in [0.2, 0.25) is 15.9 Å². The molecule has 176 valence electrons. The second kappa shape index (κ2) is 7.10. The fourth-order valence-electron chi connectivity index (χ4n) is 6.92. The molecular weight excluding hydrogens is 452 g/mol. The predicted molar refractivity (Wildman–Crippen MR) is 122 cm³/mol. The minimum Gasteiger partial charge on any atom is -0.445 e. The van der Waals surface area contributed by atoms with Gasteiger partial charge in [-0.15, -0.1) is 0 Å². The maximum atomic E-state index is 14.1. The van der Waals surface area contributed by atoms with Gasteiger partial charge in [-0.25, -0.2) is 12.7 Å². The van der Waals surface area contributed by atoms with E-state index >= 15 is 0 Å². The van der Waals surface area contributed by atoms with Crippen LogP contribution in [0, 0.1) is 39.4 Å². The van der Waals surface area contributed by atoms with Crippen molar-refractivity contribution in [1.82, 2.24) is 4.31 Å². The van der Waals surface area contributed by atoms with Gasteiger partial charge in [-0.2, -0.15) is 10.5 Å². The molecule has 4 atom stereocenters. The zero-order chi connectivity index (χ0) is 24.6. The van der Waals surface area contributed by atoms with Crippen LogP contribution in [0.25, 0.3) is 0 Å². The molecule has 5 rings (SSSR count). The number of benzene rings is 1. The van der Waals surface area contributed by atoms with Crippen molar-refractivity contribution in [3.8, 4) is 12.1 Å². The molecule has 8 nitrogen and oxygen atoms in total. The molecule has 2 bridgehead atoms. The third-order valence-electron chi connectivity index (χ3n) is 8.82. The number of hydrogen-bond donors (Lipinski definition) is 1. The highest BCUT2D eigenvalue weighted by Gasteiger charge is 2.72. The quantitative estimate of drug-likeness (QED) is 0.689. The standard InChI is InChI=1S/C25H26N4O4S/c1-14-20(21(18(12-27)22(28)33-14)16-6-4-15(11-26)5-7-16)23(30)29-19-10-17-8-9-25(19,24(17,2)3)13-34(29,31)32/h4-7,17,19,21H,8-10,13,28H2,1-3H3/t17-,19-,21-,25-/m1/s1. The molecule has 9 heteroatoms. The van der Waals surface area contributed by atoms with Crippen molar-refractivity contribution in [2.45, 2.75) is 52.0 Å². The number of nitrogens with two attached hydrogens (primary N) is 1. The van der Waals surface area contributed by atoms with E-state index in [9.17, 15) is 18.5 Å². The minimum absolute atomic E-state index is 0.0400. The Morgan fingerprint density at radius 1 is 1.21 bits per heavy atom. The summed E-state index contributed by atoms with van der Waals surface area (Å²) in [5.74, 6) is -1.17. The lowest BCUT2D eigenvalue weighted by Crippen LogP contribution is -2.45. The average Bonchev–Trinajstić information content (AvgIpc) is 3.26. The monoisotopic (exact) mass is 478 g/mol. The molecule has 2 heterocycles. The van der Waals surface area contributed by atoms with E-state index < -0.39 is 33.3 Å². The lowest BCUT2D eigenvalue weighted by atomic mass is 9.69. The molecule has 1 aromatic rings. The van der Waals surface area contributed by atoms with Crippen molar-refractivity contribution in [3.05, 3.63) is 58.2 Å². The fraction of sp³-hybridized carbons (Fsp3) is 0.480. The van der Waals surface area contributed by atoms with Gasteiger partial charge in [0.25, 0.3) is 5.91 Å². The van der Waals surface area contributed by atoms with E-state index in [1.807, 2.05) is 12.1 Å². The average molecular weight is 479 g/mol. The number of carbonyl (C=O) groups excluding carboxylic acids is 1. The number of rotatable bonds is 2. The first kappa shape index (κ1) is 22.5. The molecule has 1 amide bonds. The van der Waals surface area contributed by atoms with Crippen molar-refractivity contribution in [2.75, 3.05) is 5.75 Å². The third kappa shape index (κ3) is 2.74. The maximum Gasteiger partial charge on any atom is 0.267 e. The van der Waals surface area contributed by atoms with Crippen LogP contribution in [0.1, 0.15) is 57.1 Å². The highest BCUT2D eigenvalue weighted by atomic mass is 32.2. The van der Waals surface area contributed by atoms with Gasteiger partial charge >= 0.3 is 0 Å². The van der Waals surface area contributed by atoms with Gasteiger partial charge in [0, 0.05) is 5.41 Å². The third-order valence-corrected chi connectivity index (χ3v) is 10.7. The van der Waals surface area contributed by atoms with E-state index in [1.165, 1.54) is 0 Å². The van der Waals surface area contributed by atoms with Gasteiger partial charge in [-0.05, 0) is 55.2 Å². The number of sulfonamides is 1. The van der Waals surface area contributed by atoms with Crippen molar-refractivity contribution >= 4 is 15.9 Å². The summed E-state index contributed by atoms with van der Waals surface area (Å²) in [6, 6.07) is 10.2. The van der Waals surface area contributed by atoms with Crippen molar-refractivity contribution in [2.24, 2.45) is 22.5 Å². The van der Waals surface area contributed by atoms with Gasteiger partial charge < -0.3 is 10.5 Å². The minimum atomic E-state index is -3.87. The van der Waals surface area contributed by atoms with Crippen LogP contribution in [-0.2, 0) is 19.6 Å². The topological polar surface area (TPSA) is 137 Å². The second-order valence-corrected chi connectivity index (χ2v) is 12.2. The summed E-state index contributed by atoms with van der Waals surface area (Å²) < 4.78 is 33.6. The van der Waals surface area contributed by atoms with E-state index in [-0.39, 0.29) is 34.0 Å². The molecule has 0 aromatic heterocycles. The predicted octanol–water partition coefficient (Wildman–Crippen LogP) is 3.01. The van der Waals surface area contributed by atoms with Gasteiger partial charge in [-0.3, -0.25) is 4.79 Å². The molecule has 1 spiro atoms. The van der Waals surface area contributed by atoms with Gasteiger partial charge in [0.05, 0.1) is 34.9 Å². The van der Waals surface area contributed by atoms with Crippen LogP contribution in [0.4, 0.5) is 0 Å². The summed E-state index contributed by atoms with van der Waals surface area (Å²) in [6.45, 7) is 5.81. The first-order valence-electron chi connectivity index (χ1n) is 11.3. The highest BCUT2D eigenvalue weighted by molar-refractivity contribution is 7.90. The second-order valence-electron chi connectivity index (χ2n) is 10.4. The number of hydrogen-bond acceptors (Lipinski definition) is 7. The molecule has 0 unspecified atom stereocenters. The Morgan fingerprint density at radius 2 is 1.88 bits per heavy atom. The Labute approximate surface area is 199 Å². The number of amides is 1. The molecule has 3 fully saturated rings. The van der Waals surface area contributed by atoms with E-state index in [0.717, 1.165) is 17.1 Å². The molecule has 2 saturated carbocycles. The number of allylic oxidation sites excluding steroid dienone is 2. The number of nitriles is 2. The number of ether oxygens (including phenoxy) is 1. The Morgan fingerprint density at radius 3 is 2.47 bits per heavy atom. The smallest absolute Gasteiger partial charge is 0.267 e. The van der Waals surface area contributed by atoms with Gasteiger partial charge in [0.15, 0.2) is 0 Å². The zero-order valence-electron chi connectivity index (χ0n) is 19.3. The van der Waals surface area contributed by atoms with E-state index in [1.54, 1.807) is 31.2 Å². The number of fused-ring (bicyclic) bond motifs is 1. The van der Waals surface area contributed by atoms with Crippen molar-refractivity contribution < 1.29 is 17.9 Å². The summed E-state index contributed by atoms with van der Waals surface area (Å²) in [6.07, 6.45) is 2.40. The molecule has 2 aliphatic heterocycles. The molecule has 1 aromatic carbocycles. The molecule has 4 aliphatic rings. The number of carbonyl (C=O) groups is 1. The van der Waals surface area contributed by atoms with Gasteiger partial charge in [0.1, 0.15) is 17.4 Å². The van der Waals surface area contributed by atoms with Gasteiger partial charge in [-0.1, -0.05) is 26.0 Å². The molecule has 2 aliphatic carbocycles. The Kier molecular flexibility index (Phi) is 4.70. The summed E-state index contributed by atoms with van der Waals surface area (Å²) in [5, 5.41) is 19.0. The van der Waals surface area contributed by atoms with Crippen molar-refractivity contribution in [3.63, 3.8) is 0 Å². The van der Waals surface area contributed by atoms with Crippen LogP contribution in [-0.4, -0.2) is 30.4 Å². The lowest BCUT2D eigenvalue weighted by Gasteiger charge is -2.37. The molecular formula is C25H26N4O4S. The number of nitrogens with zero attached hydrogens (tertiary/aromatic N) is 3. The summed E-state index contributed by atoms with van der Waals surface area (Å²) in [7, 11) is -3.87. The first-order valence-corrected chi connectivity index (χ1v) is 12.9. The van der Waals surface area contributed by atoms with Crippen LogP contribution >= 0.6 is 0 Å². The summed E-state index contributed by atoms with van der Waals surface area (Å²) in [5.41, 5.74) is 6.48. The Bertz CT molecular complexity index is 1360. The molecule has 0 radical (unpaired) electrons. The molecule has 1 saturated heterocycles. The Hall–Kier alpha value is -3.30. The van der Waals surface area contributed by atoms with Crippen LogP contribution < -0.4 is 5.73 Å². The Balaban J connectivity index is 1.63. The van der Waals surface area contributed by atoms with Crippen LogP contribution in [0.3, 0.4) is 0 Å². The maximum absolute atomic E-state index is 14.1. The zero-order valence-corrected chi connectivity index (χ0v) is 20.1. The molecule has 2 N–H and O–H groups in total. The van der Waals surface area contributed by atoms with Crippen LogP contribution in [0.5, 0.6) is 0 Å². The normalized spacial score (nSPS) is 32.7. The molecule has 34 heavy (non-hydrogen) atoms. The van der Waals surface area contributed by atoms with E-state index in [4.69, 9.17) is 15.7 Å². The summed E-state index contributed by atoms with van der Waals surface area (Å²) in [4.78, 5) is 14.1. The van der Waals surface area contributed by atoms with Crippen LogP contribution in [0.15, 0.2) is 47.1 Å². The lowest BCUT2D eigenvalue weighted by molar-refractivity contribution is -0.125. The first-order chi connectivity index (χ1) is 16.0. The van der Waals surface area contributed by atoms with Crippen molar-refractivity contribution in [1.29, 1.82) is 10.5 Å². The SMILES string of the molecule is CC1=C(C(=O)N2[C@@H]3C[C@H]4CC[C@]3(CS2(=O)=O)C4(C)C)[C@H](c2ccc(C#N)cc2)C(C#N)=C(N)O1. The summed E-state index contributed by atoms with van der Waals surface area (Å²) >= 11 is 0. The van der Waals surface area contributed by atoms with Crippen LogP contribution in [0.2, 0.25) is 0 Å². The van der Waals surface area contributed by atoms with E-state index in [2.05, 4.69) is 13.8 Å².